The van der Waals surface area contributed by atoms with Gasteiger partial charge in [-0.3, -0.25) is 4.79 Å². The van der Waals surface area contributed by atoms with Crippen LogP contribution in [0.3, 0.4) is 0 Å². The molecule has 1 amide bonds. The van der Waals surface area contributed by atoms with Gasteiger partial charge in [-0.1, -0.05) is 67.6 Å². The number of carbonyl (C=O) groups is 1. The fourth-order valence-electron chi connectivity index (χ4n) is 2.25. The predicted molar refractivity (Wildman–Crippen MR) is 82.3 cm³/mol. The van der Waals surface area contributed by atoms with Crippen molar-refractivity contribution in [1.29, 1.82) is 0 Å². The molecule has 104 valence electrons. The number of hydrogen-bond donors (Lipinski definition) is 0. The first-order valence-corrected chi connectivity index (χ1v) is 7.15. The van der Waals surface area contributed by atoms with Crippen molar-refractivity contribution in [3.8, 4) is 0 Å². The Bertz CT molecular complexity index is 522. The second-order valence-electron chi connectivity index (χ2n) is 4.96. The van der Waals surface area contributed by atoms with Gasteiger partial charge < -0.3 is 4.90 Å². The van der Waals surface area contributed by atoms with E-state index < -0.39 is 0 Å². The Balaban J connectivity index is 2.02. The van der Waals surface area contributed by atoms with Gasteiger partial charge in [0.2, 0.25) is 5.91 Å². The second kappa shape index (κ2) is 7.49. The Morgan fingerprint density at radius 2 is 1.45 bits per heavy atom. The highest BCUT2D eigenvalue weighted by atomic mass is 16.2. The van der Waals surface area contributed by atoms with Crippen LogP contribution in [0.1, 0.15) is 24.5 Å². The molecular weight excluding hydrogens is 246 g/mol. The monoisotopic (exact) mass is 267 g/mol. The number of carbonyl (C=O) groups excluding carboxylic acids is 1. The Morgan fingerprint density at radius 1 is 0.900 bits per heavy atom. The lowest BCUT2D eigenvalue weighted by molar-refractivity contribution is -0.131. The fourth-order valence-corrected chi connectivity index (χ4v) is 2.25. The van der Waals surface area contributed by atoms with Crippen LogP contribution in [0, 0.1) is 0 Å². The quantitative estimate of drug-likeness (QED) is 0.782. The molecule has 2 rings (SSSR count). The van der Waals surface area contributed by atoms with E-state index in [4.69, 9.17) is 0 Å². The Labute approximate surface area is 121 Å². The summed E-state index contributed by atoms with van der Waals surface area (Å²) in [6.45, 7) is 3.61. The molecule has 0 aliphatic heterocycles. The number of benzene rings is 2. The molecule has 0 saturated carbocycles. The van der Waals surface area contributed by atoms with Gasteiger partial charge in [-0.05, 0) is 17.5 Å². The molecule has 0 saturated heterocycles. The van der Waals surface area contributed by atoms with Crippen LogP contribution in [0.4, 0.5) is 0 Å². The van der Waals surface area contributed by atoms with Crippen molar-refractivity contribution in [2.45, 2.75) is 26.3 Å². The third-order valence-electron chi connectivity index (χ3n) is 3.26. The van der Waals surface area contributed by atoms with Crippen molar-refractivity contribution < 1.29 is 4.79 Å². The van der Waals surface area contributed by atoms with E-state index in [-0.39, 0.29) is 5.91 Å². The zero-order valence-corrected chi connectivity index (χ0v) is 12.0. The smallest absolute Gasteiger partial charge is 0.227 e. The van der Waals surface area contributed by atoms with E-state index in [0.717, 1.165) is 18.5 Å². The molecular formula is C18H21NO. The average Bonchev–Trinajstić information content (AvgIpc) is 2.49. The minimum absolute atomic E-state index is 0.196. The van der Waals surface area contributed by atoms with Crippen molar-refractivity contribution >= 4 is 5.91 Å². The molecule has 0 aromatic heterocycles. The SMILES string of the molecule is CCCN(Cc1ccccc1)C(=O)Cc1ccccc1. The van der Waals surface area contributed by atoms with E-state index in [9.17, 15) is 4.79 Å². The standard InChI is InChI=1S/C18H21NO/c1-2-13-19(15-17-11-7-4-8-12-17)18(20)14-16-9-5-3-6-10-16/h3-12H,2,13-15H2,1H3. The molecule has 0 heterocycles. The summed E-state index contributed by atoms with van der Waals surface area (Å²) >= 11 is 0. The van der Waals surface area contributed by atoms with Gasteiger partial charge in [0.1, 0.15) is 0 Å². The van der Waals surface area contributed by atoms with Crippen LogP contribution in [0.15, 0.2) is 60.7 Å². The molecule has 0 aliphatic rings. The lowest BCUT2D eigenvalue weighted by atomic mass is 10.1. The second-order valence-corrected chi connectivity index (χ2v) is 4.96. The van der Waals surface area contributed by atoms with E-state index in [1.807, 2.05) is 53.4 Å². The largest absolute Gasteiger partial charge is 0.338 e. The predicted octanol–water partition coefficient (Wildman–Crippen LogP) is 3.67. The first-order valence-electron chi connectivity index (χ1n) is 7.15. The van der Waals surface area contributed by atoms with Gasteiger partial charge in [-0.25, -0.2) is 0 Å². The van der Waals surface area contributed by atoms with Crippen LogP contribution in [0.5, 0.6) is 0 Å². The highest BCUT2D eigenvalue weighted by Crippen LogP contribution is 2.09. The van der Waals surface area contributed by atoms with Crippen LogP contribution < -0.4 is 0 Å². The highest BCUT2D eigenvalue weighted by Gasteiger charge is 2.13. The van der Waals surface area contributed by atoms with Crippen molar-refractivity contribution in [3.05, 3.63) is 71.8 Å². The number of rotatable bonds is 6. The molecule has 20 heavy (non-hydrogen) atoms. The summed E-state index contributed by atoms with van der Waals surface area (Å²) in [5.74, 6) is 0.196. The Kier molecular flexibility index (Phi) is 5.36. The molecule has 0 spiro atoms. The Morgan fingerprint density at radius 3 is 2.00 bits per heavy atom. The van der Waals surface area contributed by atoms with Gasteiger partial charge >= 0.3 is 0 Å². The molecule has 0 atom stereocenters. The van der Waals surface area contributed by atoms with E-state index in [1.165, 1.54) is 5.56 Å². The van der Waals surface area contributed by atoms with Gasteiger partial charge in [0.15, 0.2) is 0 Å². The summed E-state index contributed by atoms with van der Waals surface area (Å²) in [6, 6.07) is 20.1. The number of hydrogen-bond acceptors (Lipinski definition) is 1. The van der Waals surface area contributed by atoms with E-state index in [0.29, 0.717) is 13.0 Å². The van der Waals surface area contributed by atoms with Crippen LogP contribution in [0.2, 0.25) is 0 Å². The minimum Gasteiger partial charge on any atom is -0.338 e. The maximum absolute atomic E-state index is 12.4. The van der Waals surface area contributed by atoms with Crippen molar-refractivity contribution in [2.24, 2.45) is 0 Å². The van der Waals surface area contributed by atoms with Crippen LogP contribution in [-0.2, 0) is 17.8 Å². The topological polar surface area (TPSA) is 20.3 Å². The summed E-state index contributed by atoms with van der Waals surface area (Å²) in [4.78, 5) is 14.4. The molecule has 0 bridgehead atoms. The normalized spacial score (nSPS) is 10.2. The van der Waals surface area contributed by atoms with Gasteiger partial charge in [0, 0.05) is 13.1 Å². The summed E-state index contributed by atoms with van der Waals surface area (Å²) in [5.41, 5.74) is 2.26. The molecule has 2 nitrogen and oxygen atoms in total. The van der Waals surface area contributed by atoms with Crippen molar-refractivity contribution in [3.63, 3.8) is 0 Å². The first-order chi connectivity index (χ1) is 9.79. The lowest BCUT2D eigenvalue weighted by Gasteiger charge is -2.22. The molecule has 0 N–H and O–H groups in total. The van der Waals surface area contributed by atoms with Crippen LogP contribution in [0.25, 0.3) is 0 Å². The summed E-state index contributed by atoms with van der Waals surface area (Å²) in [5, 5.41) is 0. The van der Waals surface area contributed by atoms with Gasteiger partial charge in [-0.15, -0.1) is 0 Å². The average molecular weight is 267 g/mol. The molecule has 0 aliphatic carbocycles. The van der Waals surface area contributed by atoms with Gasteiger partial charge in [0.05, 0.1) is 6.42 Å². The summed E-state index contributed by atoms with van der Waals surface area (Å²) in [7, 11) is 0. The Hall–Kier alpha value is -2.09. The highest BCUT2D eigenvalue weighted by molar-refractivity contribution is 5.78. The molecule has 0 unspecified atom stereocenters. The van der Waals surface area contributed by atoms with E-state index in [1.54, 1.807) is 0 Å². The molecule has 0 fully saturated rings. The molecule has 2 aromatic rings. The van der Waals surface area contributed by atoms with E-state index >= 15 is 0 Å². The lowest BCUT2D eigenvalue weighted by Crippen LogP contribution is -2.32. The molecule has 2 aromatic carbocycles. The minimum atomic E-state index is 0.196. The van der Waals surface area contributed by atoms with Crippen molar-refractivity contribution in [2.75, 3.05) is 6.54 Å². The van der Waals surface area contributed by atoms with Crippen LogP contribution in [-0.4, -0.2) is 17.4 Å². The third kappa shape index (κ3) is 4.23. The third-order valence-corrected chi connectivity index (χ3v) is 3.26. The van der Waals surface area contributed by atoms with Gasteiger partial charge in [0.25, 0.3) is 0 Å². The van der Waals surface area contributed by atoms with Crippen LogP contribution >= 0.6 is 0 Å². The van der Waals surface area contributed by atoms with Crippen molar-refractivity contribution in [1.82, 2.24) is 4.90 Å². The zero-order chi connectivity index (χ0) is 14.2. The molecule has 0 radical (unpaired) electrons. The maximum atomic E-state index is 12.4. The van der Waals surface area contributed by atoms with Gasteiger partial charge in [-0.2, -0.15) is 0 Å². The number of amides is 1. The fraction of sp³-hybridized carbons (Fsp3) is 0.278. The maximum Gasteiger partial charge on any atom is 0.227 e. The first kappa shape index (κ1) is 14.3. The summed E-state index contributed by atoms with van der Waals surface area (Å²) < 4.78 is 0. The van der Waals surface area contributed by atoms with E-state index in [2.05, 4.69) is 19.1 Å². The number of nitrogens with zero attached hydrogens (tertiary/aromatic N) is 1. The zero-order valence-electron chi connectivity index (χ0n) is 12.0. The molecule has 2 heteroatoms. The summed E-state index contributed by atoms with van der Waals surface area (Å²) in [6.07, 6.45) is 1.46.